The van der Waals surface area contributed by atoms with Crippen LogP contribution in [0.2, 0.25) is 0 Å². The van der Waals surface area contributed by atoms with Crippen LogP contribution < -0.4 is 9.47 Å². The molecule has 1 saturated heterocycles. The van der Waals surface area contributed by atoms with E-state index in [1.165, 1.54) is 20.3 Å². The van der Waals surface area contributed by atoms with Gasteiger partial charge in [-0.05, 0) is 30.4 Å². The summed E-state index contributed by atoms with van der Waals surface area (Å²) >= 11 is 0. The van der Waals surface area contributed by atoms with Crippen molar-refractivity contribution in [2.24, 2.45) is 11.8 Å². The first-order chi connectivity index (χ1) is 9.88. The second-order valence-electron chi connectivity index (χ2n) is 5.78. The highest BCUT2D eigenvalue weighted by Crippen LogP contribution is 2.32. The van der Waals surface area contributed by atoms with Crippen LogP contribution in [0, 0.1) is 11.8 Å². The first-order valence-electron chi connectivity index (χ1n) is 7.10. The number of rotatable bonds is 4. The van der Waals surface area contributed by atoms with E-state index in [0.29, 0.717) is 36.4 Å². The number of nitrogens with zero attached hydrogens (tertiary/aromatic N) is 1. The van der Waals surface area contributed by atoms with Gasteiger partial charge in [0.05, 0.1) is 19.1 Å². The molecule has 1 aromatic rings. The van der Waals surface area contributed by atoms with Crippen molar-refractivity contribution < 1.29 is 17.9 Å². The van der Waals surface area contributed by atoms with Gasteiger partial charge in [-0.15, -0.1) is 0 Å². The van der Waals surface area contributed by atoms with Crippen molar-refractivity contribution in [1.29, 1.82) is 0 Å². The van der Waals surface area contributed by atoms with Crippen LogP contribution in [0.5, 0.6) is 11.5 Å². The zero-order valence-corrected chi connectivity index (χ0v) is 13.8. The Morgan fingerprint density at radius 2 is 1.62 bits per heavy atom. The summed E-state index contributed by atoms with van der Waals surface area (Å²) in [6.07, 6.45) is 1.07. The molecule has 1 heterocycles. The molecule has 0 N–H and O–H groups in total. The molecule has 0 unspecified atom stereocenters. The number of hydrogen-bond donors (Lipinski definition) is 0. The molecule has 1 aliphatic heterocycles. The second-order valence-corrected chi connectivity index (χ2v) is 7.72. The summed E-state index contributed by atoms with van der Waals surface area (Å²) in [5.74, 6) is 1.71. The van der Waals surface area contributed by atoms with E-state index in [1.54, 1.807) is 16.4 Å². The maximum Gasteiger partial charge on any atom is 0.243 e. The molecule has 1 aromatic carbocycles. The van der Waals surface area contributed by atoms with Gasteiger partial charge < -0.3 is 9.47 Å². The molecule has 0 aliphatic carbocycles. The molecule has 0 spiro atoms. The zero-order valence-electron chi connectivity index (χ0n) is 13.0. The SMILES string of the molecule is COc1ccc(S(=O)(=O)N2C[C@H](C)C[C@H](C)C2)cc1OC. The molecule has 2 atom stereocenters. The summed E-state index contributed by atoms with van der Waals surface area (Å²) in [5.41, 5.74) is 0. The van der Waals surface area contributed by atoms with Crippen LogP contribution in [-0.4, -0.2) is 40.0 Å². The Hall–Kier alpha value is -1.27. The fraction of sp³-hybridized carbons (Fsp3) is 0.600. The highest BCUT2D eigenvalue weighted by atomic mass is 32.2. The molecule has 0 saturated carbocycles. The number of benzene rings is 1. The lowest BCUT2D eigenvalue weighted by molar-refractivity contribution is 0.222. The van der Waals surface area contributed by atoms with E-state index in [2.05, 4.69) is 13.8 Å². The van der Waals surface area contributed by atoms with E-state index in [-0.39, 0.29) is 4.90 Å². The first kappa shape index (κ1) is 16.1. The Bertz CT molecular complexity index is 590. The fourth-order valence-corrected chi connectivity index (χ4v) is 4.62. The quantitative estimate of drug-likeness (QED) is 0.856. The van der Waals surface area contributed by atoms with Gasteiger partial charge in [0.2, 0.25) is 10.0 Å². The van der Waals surface area contributed by atoms with Gasteiger partial charge in [-0.3, -0.25) is 0 Å². The van der Waals surface area contributed by atoms with Crippen molar-refractivity contribution in [2.45, 2.75) is 25.2 Å². The van der Waals surface area contributed by atoms with Crippen LogP contribution in [-0.2, 0) is 10.0 Å². The van der Waals surface area contributed by atoms with Crippen LogP contribution in [0.1, 0.15) is 20.3 Å². The van der Waals surface area contributed by atoms with E-state index in [4.69, 9.17) is 9.47 Å². The summed E-state index contributed by atoms with van der Waals surface area (Å²) < 4.78 is 37.5. The summed E-state index contributed by atoms with van der Waals surface area (Å²) in [6, 6.07) is 4.72. The van der Waals surface area contributed by atoms with Gasteiger partial charge >= 0.3 is 0 Å². The predicted octanol–water partition coefficient (Wildman–Crippen LogP) is 2.37. The molecule has 0 amide bonds. The van der Waals surface area contributed by atoms with Crippen molar-refractivity contribution >= 4 is 10.0 Å². The van der Waals surface area contributed by atoms with E-state index < -0.39 is 10.0 Å². The third-order valence-corrected chi connectivity index (χ3v) is 5.66. The van der Waals surface area contributed by atoms with Gasteiger partial charge in [0.15, 0.2) is 11.5 Å². The Kier molecular flexibility index (Phi) is 4.78. The molecule has 0 bridgehead atoms. The topological polar surface area (TPSA) is 55.8 Å². The molecule has 0 radical (unpaired) electrons. The second kappa shape index (κ2) is 6.23. The minimum Gasteiger partial charge on any atom is -0.493 e. The van der Waals surface area contributed by atoms with Gasteiger partial charge in [-0.1, -0.05) is 13.8 Å². The van der Waals surface area contributed by atoms with Crippen molar-refractivity contribution in [3.05, 3.63) is 18.2 Å². The average molecular weight is 313 g/mol. The lowest BCUT2D eigenvalue weighted by atomic mass is 9.94. The molecule has 2 rings (SSSR count). The van der Waals surface area contributed by atoms with Crippen molar-refractivity contribution in [3.8, 4) is 11.5 Å². The molecule has 0 aromatic heterocycles. The van der Waals surface area contributed by atoms with Gasteiger partial charge in [-0.25, -0.2) is 8.42 Å². The van der Waals surface area contributed by atoms with Crippen LogP contribution in [0.15, 0.2) is 23.1 Å². The lowest BCUT2D eigenvalue weighted by Crippen LogP contribution is -2.42. The minimum absolute atomic E-state index is 0.251. The van der Waals surface area contributed by atoms with Crippen LogP contribution in [0.3, 0.4) is 0 Å². The number of hydrogen-bond acceptors (Lipinski definition) is 4. The Balaban J connectivity index is 2.35. The highest BCUT2D eigenvalue weighted by Gasteiger charge is 2.32. The smallest absolute Gasteiger partial charge is 0.243 e. The van der Waals surface area contributed by atoms with Gasteiger partial charge in [0.1, 0.15) is 0 Å². The monoisotopic (exact) mass is 313 g/mol. The molecular formula is C15H23NO4S. The van der Waals surface area contributed by atoms with Gasteiger partial charge in [0, 0.05) is 19.2 Å². The molecule has 1 fully saturated rings. The average Bonchev–Trinajstić information content (AvgIpc) is 2.45. The number of ether oxygens (including phenoxy) is 2. The van der Waals surface area contributed by atoms with E-state index in [1.807, 2.05) is 0 Å². The molecule has 1 aliphatic rings. The molecule has 21 heavy (non-hydrogen) atoms. The normalized spacial score (nSPS) is 23.8. The standard InChI is InChI=1S/C15H23NO4S/c1-11-7-12(2)10-16(9-11)21(17,18)13-5-6-14(19-3)15(8-13)20-4/h5-6,8,11-12H,7,9-10H2,1-4H3/t11-,12+. The molecular weight excluding hydrogens is 290 g/mol. The van der Waals surface area contributed by atoms with E-state index >= 15 is 0 Å². The van der Waals surface area contributed by atoms with E-state index in [9.17, 15) is 8.42 Å². The van der Waals surface area contributed by atoms with E-state index in [0.717, 1.165) is 6.42 Å². The van der Waals surface area contributed by atoms with Gasteiger partial charge in [-0.2, -0.15) is 4.31 Å². The van der Waals surface area contributed by atoms with Crippen LogP contribution in [0.4, 0.5) is 0 Å². The predicted molar refractivity (Wildman–Crippen MR) is 81.2 cm³/mol. The summed E-state index contributed by atoms with van der Waals surface area (Å²) in [6.45, 7) is 5.32. The maximum absolute atomic E-state index is 12.8. The third-order valence-electron chi connectivity index (χ3n) is 3.83. The first-order valence-corrected chi connectivity index (χ1v) is 8.54. The number of piperidine rings is 1. The molecule has 118 valence electrons. The van der Waals surface area contributed by atoms with Crippen LogP contribution in [0.25, 0.3) is 0 Å². The van der Waals surface area contributed by atoms with Crippen LogP contribution >= 0.6 is 0 Å². The number of sulfonamides is 1. The minimum atomic E-state index is -3.49. The molecule has 5 nitrogen and oxygen atoms in total. The highest BCUT2D eigenvalue weighted by molar-refractivity contribution is 7.89. The lowest BCUT2D eigenvalue weighted by Gasteiger charge is -2.34. The van der Waals surface area contributed by atoms with Crippen molar-refractivity contribution in [1.82, 2.24) is 4.31 Å². The Morgan fingerprint density at radius 1 is 1.05 bits per heavy atom. The summed E-state index contributed by atoms with van der Waals surface area (Å²) in [7, 11) is -0.461. The largest absolute Gasteiger partial charge is 0.493 e. The number of methoxy groups -OCH3 is 2. The summed E-state index contributed by atoms with van der Waals surface area (Å²) in [5, 5.41) is 0. The summed E-state index contributed by atoms with van der Waals surface area (Å²) in [4.78, 5) is 0.251. The van der Waals surface area contributed by atoms with Gasteiger partial charge in [0.25, 0.3) is 0 Å². The Morgan fingerprint density at radius 3 is 2.14 bits per heavy atom. The van der Waals surface area contributed by atoms with Crippen molar-refractivity contribution in [2.75, 3.05) is 27.3 Å². The Labute approximate surface area is 126 Å². The fourth-order valence-electron chi connectivity index (χ4n) is 2.93. The maximum atomic E-state index is 12.8. The molecule has 6 heteroatoms. The van der Waals surface area contributed by atoms with Crippen molar-refractivity contribution in [3.63, 3.8) is 0 Å². The third kappa shape index (κ3) is 3.32. The zero-order chi connectivity index (χ0) is 15.6.